The van der Waals surface area contributed by atoms with E-state index in [-0.39, 0.29) is 19.8 Å². The van der Waals surface area contributed by atoms with Crippen molar-refractivity contribution >= 4 is 17.8 Å². The van der Waals surface area contributed by atoms with Crippen molar-refractivity contribution in [2.75, 3.05) is 13.2 Å². The molecule has 0 aromatic heterocycles. The highest BCUT2D eigenvalue weighted by Crippen LogP contribution is 2.01. The second-order valence-electron chi connectivity index (χ2n) is 4.45. The molecular formula is C15H19NO6. The van der Waals surface area contributed by atoms with Crippen molar-refractivity contribution in [3.05, 3.63) is 35.9 Å². The van der Waals surface area contributed by atoms with Crippen molar-refractivity contribution < 1.29 is 29.0 Å². The highest BCUT2D eigenvalue weighted by molar-refractivity contribution is 5.87. The molecule has 22 heavy (non-hydrogen) atoms. The molecule has 0 spiro atoms. The molecule has 0 aliphatic rings. The lowest BCUT2D eigenvalue weighted by molar-refractivity contribution is -0.150. The summed E-state index contributed by atoms with van der Waals surface area (Å²) in [4.78, 5) is 33.9. The van der Waals surface area contributed by atoms with Crippen LogP contribution < -0.4 is 5.32 Å². The Balaban J connectivity index is 2.37. The first kappa shape index (κ1) is 17.6. The normalized spacial score (nSPS) is 11.5. The van der Waals surface area contributed by atoms with Crippen molar-refractivity contribution in [2.45, 2.75) is 26.0 Å². The number of carboxylic acid groups (broad SMARTS) is 1. The van der Waals surface area contributed by atoms with Crippen LogP contribution in [0.4, 0.5) is 0 Å². The fourth-order valence-electron chi connectivity index (χ4n) is 1.66. The van der Waals surface area contributed by atoms with Gasteiger partial charge >= 0.3 is 11.9 Å². The lowest BCUT2D eigenvalue weighted by Gasteiger charge is -2.13. The van der Waals surface area contributed by atoms with Crippen LogP contribution in [0.1, 0.15) is 18.9 Å². The molecule has 2 N–H and O–H groups in total. The van der Waals surface area contributed by atoms with Gasteiger partial charge in [0.2, 0.25) is 5.91 Å². The summed E-state index contributed by atoms with van der Waals surface area (Å²) in [5.41, 5.74) is 0.900. The average molecular weight is 309 g/mol. The molecule has 1 rings (SSSR count). The summed E-state index contributed by atoms with van der Waals surface area (Å²) in [6.07, 6.45) is -0.423. The number of rotatable bonds is 9. The molecule has 0 bridgehead atoms. The second kappa shape index (κ2) is 9.51. The topological polar surface area (TPSA) is 102 Å². The Bertz CT molecular complexity index is 502. The van der Waals surface area contributed by atoms with Crippen LogP contribution in [0.25, 0.3) is 0 Å². The van der Waals surface area contributed by atoms with Crippen LogP contribution in [-0.4, -0.2) is 42.2 Å². The van der Waals surface area contributed by atoms with E-state index in [4.69, 9.17) is 9.84 Å². The summed E-state index contributed by atoms with van der Waals surface area (Å²) in [5.74, 6) is -2.59. The molecule has 0 saturated heterocycles. The number of carbonyl (C=O) groups is 3. The molecule has 1 atom stereocenters. The molecule has 1 aromatic rings. The van der Waals surface area contributed by atoms with Crippen molar-refractivity contribution in [1.29, 1.82) is 0 Å². The van der Waals surface area contributed by atoms with E-state index in [1.54, 1.807) is 6.92 Å². The number of aliphatic carboxylic acids is 1. The third-order valence-electron chi connectivity index (χ3n) is 2.65. The first-order valence-corrected chi connectivity index (χ1v) is 6.82. The molecule has 0 aliphatic heterocycles. The fourth-order valence-corrected chi connectivity index (χ4v) is 1.66. The van der Waals surface area contributed by atoms with Crippen molar-refractivity contribution in [3.8, 4) is 0 Å². The number of benzene rings is 1. The summed E-state index contributed by atoms with van der Waals surface area (Å²) >= 11 is 0. The Hall–Kier alpha value is -2.41. The van der Waals surface area contributed by atoms with Gasteiger partial charge in [0.25, 0.3) is 0 Å². The first-order valence-electron chi connectivity index (χ1n) is 6.82. The molecule has 0 unspecified atom stereocenters. The molecule has 0 saturated carbocycles. The number of hydrogen-bond donors (Lipinski definition) is 2. The monoisotopic (exact) mass is 309 g/mol. The van der Waals surface area contributed by atoms with Gasteiger partial charge in [-0.3, -0.25) is 9.59 Å². The SMILES string of the molecule is CCOC(=O)C[C@H](NC(=O)COCc1ccccc1)C(=O)O. The van der Waals surface area contributed by atoms with Crippen LogP contribution in [0.15, 0.2) is 30.3 Å². The molecule has 7 nitrogen and oxygen atoms in total. The number of amides is 1. The number of esters is 1. The van der Waals surface area contributed by atoms with Gasteiger partial charge in [-0.1, -0.05) is 30.3 Å². The number of ether oxygens (including phenoxy) is 2. The molecule has 0 radical (unpaired) electrons. The van der Waals surface area contributed by atoms with E-state index in [2.05, 4.69) is 10.1 Å². The largest absolute Gasteiger partial charge is 0.480 e. The Labute approximate surface area is 128 Å². The van der Waals surface area contributed by atoms with Crippen LogP contribution in [0.3, 0.4) is 0 Å². The highest BCUT2D eigenvalue weighted by atomic mass is 16.5. The first-order chi connectivity index (χ1) is 10.5. The van der Waals surface area contributed by atoms with E-state index in [9.17, 15) is 14.4 Å². The minimum Gasteiger partial charge on any atom is -0.480 e. The third-order valence-corrected chi connectivity index (χ3v) is 2.65. The summed E-state index contributed by atoms with van der Waals surface area (Å²) in [6, 6.07) is 7.92. The number of hydrogen-bond acceptors (Lipinski definition) is 5. The maximum Gasteiger partial charge on any atom is 0.326 e. The van der Waals surface area contributed by atoms with E-state index in [0.29, 0.717) is 0 Å². The van der Waals surface area contributed by atoms with Crippen LogP contribution in [-0.2, 0) is 30.5 Å². The molecule has 1 aromatic carbocycles. The molecular weight excluding hydrogens is 290 g/mol. The second-order valence-corrected chi connectivity index (χ2v) is 4.45. The summed E-state index contributed by atoms with van der Waals surface area (Å²) < 4.78 is 9.85. The predicted octanol–water partition coefficient (Wildman–Crippen LogP) is 0.726. The zero-order valence-electron chi connectivity index (χ0n) is 12.3. The van der Waals surface area contributed by atoms with E-state index >= 15 is 0 Å². The van der Waals surface area contributed by atoms with Crippen LogP contribution in [0.2, 0.25) is 0 Å². The van der Waals surface area contributed by atoms with Gasteiger partial charge in [-0.2, -0.15) is 0 Å². The Kier molecular flexibility index (Phi) is 7.63. The Morgan fingerprint density at radius 3 is 2.50 bits per heavy atom. The number of carboxylic acids is 1. The van der Waals surface area contributed by atoms with Gasteiger partial charge in [-0.15, -0.1) is 0 Å². The molecule has 120 valence electrons. The van der Waals surface area contributed by atoms with Gasteiger partial charge in [0.15, 0.2) is 0 Å². The quantitative estimate of drug-likeness (QED) is 0.652. The maximum atomic E-state index is 11.6. The zero-order chi connectivity index (χ0) is 16.4. The molecule has 1 amide bonds. The average Bonchev–Trinajstić information content (AvgIpc) is 2.48. The van der Waals surface area contributed by atoms with Gasteiger partial charge in [-0.05, 0) is 12.5 Å². The third kappa shape index (κ3) is 6.85. The number of nitrogens with one attached hydrogen (secondary N) is 1. The van der Waals surface area contributed by atoms with Gasteiger partial charge in [-0.25, -0.2) is 4.79 Å². The van der Waals surface area contributed by atoms with E-state index in [1.165, 1.54) is 0 Å². The van der Waals surface area contributed by atoms with Crippen molar-refractivity contribution in [1.82, 2.24) is 5.32 Å². The maximum absolute atomic E-state index is 11.6. The van der Waals surface area contributed by atoms with Gasteiger partial charge < -0.3 is 19.9 Å². The Morgan fingerprint density at radius 2 is 1.91 bits per heavy atom. The molecule has 0 heterocycles. The zero-order valence-corrected chi connectivity index (χ0v) is 12.3. The Morgan fingerprint density at radius 1 is 1.23 bits per heavy atom. The standard InChI is InChI=1S/C15H19NO6/c1-2-22-14(18)8-12(15(19)20)16-13(17)10-21-9-11-6-4-3-5-7-11/h3-7,12H,2,8-10H2,1H3,(H,16,17)(H,19,20)/t12-/m0/s1. The molecule has 0 fully saturated rings. The van der Waals surface area contributed by atoms with Crippen molar-refractivity contribution in [3.63, 3.8) is 0 Å². The molecule has 0 aliphatic carbocycles. The molecule has 7 heteroatoms. The minimum absolute atomic E-state index is 0.152. The fraction of sp³-hybridized carbons (Fsp3) is 0.400. The van der Waals surface area contributed by atoms with Crippen LogP contribution >= 0.6 is 0 Å². The highest BCUT2D eigenvalue weighted by Gasteiger charge is 2.23. The smallest absolute Gasteiger partial charge is 0.326 e. The van der Waals surface area contributed by atoms with Crippen molar-refractivity contribution in [2.24, 2.45) is 0 Å². The van der Waals surface area contributed by atoms with Crippen LogP contribution in [0, 0.1) is 0 Å². The predicted molar refractivity (Wildman–Crippen MR) is 76.9 cm³/mol. The van der Waals surface area contributed by atoms with E-state index in [1.807, 2.05) is 30.3 Å². The summed E-state index contributed by atoms with van der Waals surface area (Å²) in [5, 5.41) is 11.2. The van der Waals surface area contributed by atoms with Crippen LogP contribution in [0.5, 0.6) is 0 Å². The van der Waals surface area contributed by atoms with Gasteiger partial charge in [0.1, 0.15) is 12.6 Å². The number of carbonyl (C=O) groups excluding carboxylic acids is 2. The summed E-state index contributed by atoms with van der Waals surface area (Å²) in [7, 11) is 0. The van der Waals surface area contributed by atoms with Gasteiger partial charge in [0, 0.05) is 0 Å². The van der Waals surface area contributed by atoms with E-state index in [0.717, 1.165) is 5.56 Å². The lowest BCUT2D eigenvalue weighted by Crippen LogP contribution is -2.44. The minimum atomic E-state index is -1.33. The van der Waals surface area contributed by atoms with E-state index < -0.39 is 30.3 Å². The lowest BCUT2D eigenvalue weighted by atomic mass is 10.2. The van der Waals surface area contributed by atoms with Gasteiger partial charge in [0.05, 0.1) is 19.6 Å². The summed E-state index contributed by atoms with van der Waals surface area (Å²) in [6.45, 7) is 1.72.